The lowest BCUT2D eigenvalue weighted by Crippen LogP contribution is -2.08. The second-order valence-corrected chi connectivity index (χ2v) is 3.10. The zero-order valence-corrected chi connectivity index (χ0v) is 8.78. The lowest BCUT2D eigenvalue weighted by Gasteiger charge is -2.03. The SMILES string of the molecule is CCOC(=O)Cc1cnc(C#N)c(C)c1. The smallest absolute Gasteiger partial charge is 0.310 e. The Morgan fingerprint density at radius 1 is 1.67 bits per heavy atom. The van der Waals surface area contributed by atoms with Gasteiger partial charge in [0.05, 0.1) is 13.0 Å². The van der Waals surface area contributed by atoms with Gasteiger partial charge >= 0.3 is 5.97 Å². The number of nitrogens with zero attached hydrogens (tertiary/aromatic N) is 2. The highest BCUT2D eigenvalue weighted by Gasteiger charge is 2.06. The molecule has 4 heteroatoms. The Kier molecular flexibility index (Phi) is 3.81. The second kappa shape index (κ2) is 5.11. The first kappa shape index (κ1) is 11.2. The van der Waals surface area contributed by atoms with Crippen LogP contribution < -0.4 is 0 Å². The van der Waals surface area contributed by atoms with Gasteiger partial charge in [-0.05, 0) is 25.0 Å². The number of ether oxygens (including phenoxy) is 1. The standard InChI is InChI=1S/C11H12N2O2/c1-3-15-11(14)5-9-4-8(2)10(6-12)13-7-9/h4,7H,3,5H2,1-2H3. The average molecular weight is 204 g/mol. The Bertz CT molecular complexity index is 408. The molecule has 0 unspecified atom stereocenters. The normalized spacial score (nSPS) is 9.40. The number of carbonyl (C=O) groups excluding carboxylic acids is 1. The summed E-state index contributed by atoms with van der Waals surface area (Å²) in [5.41, 5.74) is 1.94. The fraction of sp³-hybridized carbons (Fsp3) is 0.364. The molecule has 0 amide bonds. The van der Waals surface area contributed by atoms with Crippen molar-refractivity contribution in [1.29, 1.82) is 5.26 Å². The highest BCUT2D eigenvalue weighted by atomic mass is 16.5. The summed E-state index contributed by atoms with van der Waals surface area (Å²) in [5, 5.41) is 8.67. The van der Waals surface area contributed by atoms with Crippen molar-refractivity contribution in [2.75, 3.05) is 6.61 Å². The third-order valence-corrected chi connectivity index (χ3v) is 1.89. The van der Waals surface area contributed by atoms with Gasteiger partial charge in [-0.3, -0.25) is 4.79 Å². The van der Waals surface area contributed by atoms with E-state index in [-0.39, 0.29) is 12.4 Å². The monoisotopic (exact) mass is 204 g/mol. The summed E-state index contributed by atoms with van der Waals surface area (Å²) in [6.45, 7) is 3.93. The van der Waals surface area contributed by atoms with Crippen molar-refractivity contribution < 1.29 is 9.53 Å². The minimum atomic E-state index is -0.275. The van der Waals surface area contributed by atoms with Crippen LogP contribution in [-0.4, -0.2) is 17.6 Å². The Morgan fingerprint density at radius 2 is 2.40 bits per heavy atom. The molecular formula is C11H12N2O2. The largest absolute Gasteiger partial charge is 0.466 e. The number of aryl methyl sites for hydroxylation is 1. The first-order chi connectivity index (χ1) is 7.17. The quantitative estimate of drug-likeness (QED) is 0.697. The first-order valence-electron chi connectivity index (χ1n) is 4.68. The fourth-order valence-electron chi connectivity index (χ4n) is 1.23. The molecule has 1 rings (SSSR count). The minimum Gasteiger partial charge on any atom is -0.466 e. The van der Waals surface area contributed by atoms with Gasteiger partial charge in [0, 0.05) is 6.20 Å². The number of esters is 1. The number of aromatic nitrogens is 1. The van der Waals surface area contributed by atoms with E-state index in [1.807, 2.05) is 6.07 Å². The van der Waals surface area contributed by atoms with Crippen molar-refractivity contribution in [3.8, 4) is 6.07 Å². The topological polar surface area (TPSA) is 63.0 Å². The van der Waals surface area contributed by atoms with Crippen molar-refractivity contribution in [3.63, 3.8) is 0 Å². The molecule has 78 valence electrons. The van der Waals surface area contributed by atoms with Crippen molar-refractivity contribution in [2.45, 2.75) is 20.3 Å². The van der Waals surface area contributed by atoms with Crippen LogP contribution in [0.25, 0.3) is 0 Å². The molecule has 1 heterocycles. The summed E-state index contributed by atoms with van der Waals surface area (Å²) in [6.07, 6.45) is 1.73. The molecule has 4 nitrogen and oxygen atoms in total. The Balaban J connectivity index is 2.76. The van der Waals surface area contributed by atoms with Gasteiger partial charge in [-0.2, -0.15) is 5.26 Å². The van der Waals surface area contributed by atoms with E-state index in [0.717, 1.165) is 11.1 Å². The van der Waals surface area contributed by atoms with Crippen LogP contribution in [0, 0.1) is 18.3 Å². The number of hydrogen-bond donors (Lipinski definition) is 0. The van der Waals surface area contributed by atoms with Gasteiger partial charge in [0.25, 0.3) is 0 Å². The van der Waals surface area contributed by atoms with Crippen LogP contribution in [0.3, 0.4) is 0 Å². The zero-order chi connectivity index (χ0) is 11.3. The summed E-state index contributed by atoms with van der Waals surface area (Å²) < 4.78 is 4.81. The Hall–Kier alpha value is -1.89. The fourth-order valence-corrected chi connectivity index (χ4v) is 1.23. The van der Waals surface area contributed by atoms with E-state index in [1.165, 1.54) is 6.20 Å². The summed E-state index contributed by atoms with van der Waals surface area (Å²) in [4.78, 5) is 15.1. The van der Waals surface area contributed by atoms with Crippen molar-refractivity contribution >= 4 is 5.97 Å². The maximum atomic E-state index is 11.2. The van der Waals surface area contributed by atoms with Crippen LogP contribution in [-0.2, 0) is 16.0 Å². The molecule has 0 N–H and O–H groups in total. The Labute approximate surface area is 88.5 Å². The predicted molar refractivity (Wildman–Crippen MR) is 54.0 cm³/mol. The molecule has 0 aromatic carbocycles. The van der Waals surface area contributed by atoms with E-state index < -0.39 is 0 Å². The maximum absolute atomic E-state index is 11.2. The lowest BCUT2D eigenvalue weighted by atomic mass is 10.1. The average Bonchev–Trinajstić information content (AvgIpc) is 2.18. The zero-order valence-electron chi connectivity index (χ0n) is 8.78. The molecule has 1 aromatic heterocycles. The summed E-state index contributed by atoms with van der Waals surface area (Å²) in [6, 6.07) is 3.75. The van der Waals surface area contributed by atoms with E-state index >= 15 is 0 Å². The molecular weight excluding hydrogens is 192 g/mol. The molecule has 0 bridgehead atoms. The van der Waals surface area contributed by atoms with Crippen LogP contribution in [0.4, 0.5) is 0 Å². The van der Waals surface area contributed by atoms with Gasteiger partial charge in [0.15, 0.2) is 0 Å². The third kappa shape index (κ3) is 3.06. The van der Waals surface area contributed by atoms with Crippen LogP contribution in [0.15, 0.2) is 12.3 Å². The van der Waals surface area contributed by atoms with Gasteiger partial charge in [-0.1, -0.05) is 6.07 Å². The summed E-state index contributed by atoms with van der Waals surface area (Å²) >= 11 is 0. The maximum Gasteiger partial charge on any atom is 0.310 e. The van der Waals surface area contributed by atoms with Gasteiger partial charge in [0.1, 0.15) is 11.8 Å². The number of nitriles is 1. The number of rotatable bonds is 3. The number of pyridine rings is 1. The van der Waals surface area contributed by atoms with E-state index in [4.69, 9.17) is 10.00 Å². The molecule has 15 heavy (non-hydrogen) atoms. The van der Waals surface area contributed by atoms with E-state index in [0.29, 0.717) is 12.3 Å². The van der Waals surface area contributed by atoms with Gasteiger partial charge < -0.3 is 4.74 Å². The van der Waals surface area contributed by atoms with Crippen LogP contribution in [0.5, 0.6) is 0 Å². The third-order valence-electron chi connectivity index (χ3n) is 1.89. The molecule has 0 aliphatic rings. The van der Waals surface area contributed by atoms with Gasteiger partial charge in [-0.25, -0.2) is 4.98 Å². The molecule has 0 saturated heterocycles. The number of hydrogen-bond acceptors (Lipinski definition) is 4. The number of carbonyl (C=O) groups is 1. The summed E-state index contributed by atoms with van der Waals surface area (Å²) in [7, 11) is 0. The minimum absolute atomic E-state index is 0.202. The van der Waals surface area contributed by atoms with E-state index in [1.54, 1.807) is 19.9 Å². The highest BCUT2D eigenvalue weighted by molar-refractivity contribution is 5.72. The van der Waals surface area contributed by atoms with Crippen LogP contribution in [0.2, 0.25) is 0 Å². The van der Waals surface area contributed by atoms with Crippen LogP contribution in [0.1, 0.15) is 23.7 Å². The molecule has 0 atom stereocenters. The van der Waals surface area contributed by atoms with Gasteiger partial charge in [-0.15, -0.1) is 0 Å². The first-order valence-corrected chi connectivity index (χ1v) is 4.68. The summed E-state index contributed by atoms with van der Waals surface area (Å²) in [5.74, 6) is -0.275. The van der Waals surface area contributed by atoms with E-state index in [9.17, 15) is 4.79 Å². The second-order valence-electron chi connectivity index (χ2n) is 3.10. The Morgan fingerprint density at radius 3 is 2.93 bits per heavy atom. The molecule has 1 aromatic rings. The lowest BCUT2D eigenvalue weighted by molar-refractivity contribution is -0.142. The molecule has 0 aliphatic carbocycles. The van der Waals surface area contributed by atoms with Crippen molar-refractivity contribution in [3.05, 3.63) is 29.1 Å². The van der Waals surface area contributed by atoms with Crippen LogP contribution >= 0.6 is 0 Å². The molecule has 0 fully saturated rings. The molecule has 0 saturated carbocycles. The predicted octanol–water partition coefficient (Wildman–Crippen LogP) is 1.37. The van der Waals surface area contributed by atoms with E-state index in [2.05, 4.69) is 4.98 Å². The highest BCUT2D eigenvalue weighted by Crippen LogP contribution is 2.07. The van der Waals surface area contributed by atoms with Gasteiger partial charge in [0.2, 0.25) is 0 Å². The molecule has 0 spiro atoms. The van der Waals surface area contributed by atoms with Crippen molar-refractivity contribution in [2.24, 2.45) is 0 Å². The van der Waals surface area contributed by atoms with Crippen molar-refractivity contribution in [1.82, 2.24) is 4.98 Å². The molecule has 0 aliphatic heterocycles. The molecule has 0 radical (unpaired) electrons.